The molecule has 21 heavy (non-hydrogen) atoms. The second-order valence-corrected chi connectivity index (χ2v) is 4.01. The van der Waals surface area contributed by atoms with Crippen LogP contribution >= 0.6 is 0 Å². The maximum atomic E-state index is 12.9. The van der Waals surface area contributed by atoms with E-state index in [2.05, 4.69) is 4.74 Å². The zero-order valence-electron chi connectivity index (χ0n) is 10.1. The van der Waals surface area contributed by atoms with Crippen molar-refractivity contribution in [2.75, 3.05) is 19.8 Å². The highest BCUT2D eigenvalue weighted by Gasteiger charge is 2.81. The van der Waals surface area contributed by atoms with Crippen LogP contribution in [0.2, 0.25) is 0 Å². The van der Waals surface area contributed by atoms with Crippen LogP contribution in [-0.2, 0) is 4.74 Å². The zero-order valence-corrected chi connectivity index (χ0v) is 10.1. The van der Waals surface area contributed by atoms with E-state index in [1.54, 1.807) is 0 Å². The van der Waals surface area contributed by atoms with Gasteiger partial charge in [0, 0.05) is 6.42 Å². The summed E-state index contributed by atoms with van der Waals surface area (Å²) in [5, 5.41) is 17.0. The molecule has 0 heterocycles. The number of aliphatic hydroxyl groups is 2. The molecule has 12 heteroatoms. The van der Waals surface area contributed by atoms with Gasteiger partial charge >= 0.3 is 23.9 Å². The van der Waals surface area contributed by atoms with E-state index < -0.39 is 56.3 Å². The van der Waals surface area contributed by atoms with Crippen LogP contribution in [0.3, 0.4) is 0 Å². The van der Waals surface area contributed by atoms with Gasteiger partial charge in [-0.25, -0.2) is 0 Å². The van der Waals surface area contributed by atoms with Gasteiger partial charge in [0.1, 0.15) is 6.10 Å². The Morgan fingerprint density at radius 1 is 0.857 bits per heavy atom. The first-order valence-electron chi connectivity index (χ1n) is 5.27. The highest BCUT2D eigenvalue weighted by molar-refractivity contribution is 5.00. The van der Waals surface area contributed by atoms with Crippen molar-refractivity contribution in [3.05, 3.63) is 0 Å². The highest BCUT2D eigenvalue weighted by Crippen LogP contribution is 2.53. The Labute approximate surface area is 112 Å². The third kappa shape index (κ3) is 4.36. The Bertz CT molecular complexity index is 329. The van der Waals surface area contributed by atoms with Crippen molar-refractivity contribution in [3.63, 3.8) is 0 Å². The number of ether oxygens (including phenoxy) is 1. The van der Waals surface area contributed by atoms with Crippen molar-refractivity contribution in [1.29, 1.82) is 0 Å². The molecule has 1 atom stereocenters. The lowest BCUT2D eigenvalue weighted by Crippen LogP contribution is -2.61. The van der Waals surface area contributed by atoms with Crippen LogP contribution in [0, 0.1) is 0 Å². The number of rotatable bonds is 8. The normalized spacial score (nSPS) is 16.1. The third-order valence-corrected chi connectivity index (χ3v) is 2.29. The van der Waals surface area contributed by atoms with Crippen molar-refractivity contribution in [3.8, 4) is 0 Å². The Kier molecular flexibility index (Phi) is 6.33. The maximum absolute atomic E-state index is 12.9. The van der Waals surface area contributed by atoms with Gasteiger partial charge in [0.25, 0.3) is 0 Å². The average Bonchev–Trinajstić information content (AvgIpc) is 2.32. The summed E-state index contributed by atoms with van der Waals surface area (Å²) in [6.07, 6.45) is -10.5. The monoisotopic (exact) mass is 338 g/mol. The highest BCUT2D eigenvalue weighted by atomic mass is 19.4. The second kappa shape index (κ2) is 6.57. The van der Waals surface area contributed by atoms with E-state index in [1.807, 2.05) is 0 Å². The first kappa shape index (κ1) is 20.2. The SMILES string of the molecule is OC[C@@H](O)COCCC(F)(F)C(F)(F)C(F)(F)C(F)(F)F. The number of aliphatic hydroxyl groups excluding tert-OH is 2. The molecule has 0 radical (unpaired) electrons. The summed E-state index contributed by atoms with van der Waals surface area (Å²) in [5.41, 5.74) is 0. The smallest absolute Gasteiger partial charge is 0.394 e. The molecule has 2 N–H and O–H groups in total. The third-order valence-electron chi connectivity index (χ3n) is 2.29. The van der Waals surface area contributed by atoms with Gasteiger partial charge in [0.15, 0.2) is 0 Å². The fourth-order valence-corrected chi connectivity index (χ4v) is 1.04. The quantitative estimate of drug-likeness (QED) is 0.527. The molecule has 0 spiro atoms. The largest absolute Gasteiger partial charge is 0.460 e. The Balaban J connectivity index is 4.81. The van der Waals surface area contributed by atoms with Gasteiger partial charge in [0.05, 0.1) is 19.8 Å². The van der Waals surface area contributed by atoms with Crippen LogP contribution in [0.4, 0.5) is 39.5 Å². The number of alkyl halides is 9. The topological polar surface area (TPSA) is 49.7 Å². The van der Waals surface area contributed by atoms with Crippen LogP contribution in [0.1, 0.15) is 6.42 Å². The van der Waals surface area contributed by atoms with Crippen molar-refractivity contribution in [1.82, 2.24) is 0 Å². The summed E-state index contributed by atoms with van der Waals surface area (Å²) < 4.78 is 116. The molecule has 3 nitrogen and oxygen atoms in total. The van der Waals surface area contributed by atoms with Gasteiger partial charge in [-0.15, -0.1) is 0 Å². The van der Waals surface area contributed by atoms with Crippen molar-refractivity contribution in [2.24, 2.45) is 0 Å². The molecular formula is C9H11F9O3. The first-order valence-corrected chi connectivity index (χ1v) is 5.27. The Morgan fingerprint density at radius 2 is 1.33 bits per heavy atom. The number of halogens is 9. The zero-order chi connectivity index (χ0) is 17.1. The van der Waals surface area contributed by atoms with Gasteiger partial charge < -0.3 is 14.9 Å². The number of hydrogen-bond donors (Lipinski definition) is 2. The summed E-state index contributed by atoms with van der Waals surface area (Å²) in [6.45, 7) is -2.96. The minimum absolute atomic E-state index is 0.784. The molecule has 0 aromatic rings. The summed E-state index contributed by atoms with van der Waals surface area (Å²) in [7, 11) is 0. The van der Waals surface area contributed by atoms with Gasteiger partial charge in [-0.1, -0.05) is 0 Å². The molecule has 0 aliphatic rings. The predicted molar refractivity (Wildman–Crippen MR) is 49.4 cm³/mol. The molecule has 0 saturated heterocycles. The summed E-state index contributed by atoms with van der Waals surface area (Å²) in [6, 6.07) is 0. The fraction of sp³-hybridized carbons (Fsp3) is 1.00. The van der Waals surface area contributed by atoms with E-state index in [1.165, 1.54) is 0 Å². The van der Waals surface area contributed by atoms with Gasteiger partial charge in [0.2, 0.25) is 0 Å². The Hall–Kier alpha value is -0.750. The van der Waals surface area contributed by atoms with E-state index in [0.29, 0.717) is 0 Å². The van der Waals surface area contributed by atoms with Crippen molar-refractivity contribution >= 4 is 0 Å². The molecule has 0 rings (SSSR count). The fourth-order valence-electron chi connectivity index (χ4n) is 1.04. The van der Waals surface area contributed by atoms with Crippen LogP contribution in [0.5, 0.6) is 0 Å². The average molecular weight is 338 g/mol. The van der Waals surface area contributed by atoms with Crippen LogP contribution in [0.15, 0.2) is 0 Å². The van der Waals surface area contributed by atoms with Crippen LogP contribution in [-0.4, -0.2) is 60.1 Å². The van der Waals surface area contributed by atoms with Crippen molar-refractivity contribution in [2.45, 2.75) is 36.5 Å². The summed E-state index contributed by atoms with van der Waals surface area (Å²) >= 11 is 0. The molecule has 0 aliphatic heterocycles. The molecule has 128 valence electrons. The first-order chi connectivity index (χ1) is 9.20. The van der Waals surface area contributed by atoms with Crippen molar-refractivity contribution < 1.29 is 54.5 Å². The molecule has 0 fully saturated rings. The Morgan fingerprint density at radius 3 is 1.71 bits per heavy atom. The summed E-state index contributed by atoms with van der Waals surface area (Å²) in [5.74, 6) is -19.3. The van der Waals surface area contributed by atoms with Crippen LogP contribution in [0.25, 0.3) is 0 Å². The summed E-state index contributed by atoms with van der Waals surface area (Å²) in [4.78, 5) is 0. The second-order valence-electron chi connectivity index (χ2n) is 4.01. The van der Waals surface area contributed by atoms with E-state index in [9.17, 15) is 39.5 Å². The van der Waals surface area contributed by atoms with E-state index in [0.717, 1.165) is 0 Å². The molecule has 0 bridgehead atoms. The van der Waals surface area contributed by atoms with E-state index in [4.69, 9.17) is 10.2 Å². The van der Waals surface area contributed by atoms with Crippen LogP contribution < -0.4 is 0 Å². The van der Waals surface area contributed by atoms with Gasteiger partial charge in [-0.3, -0.25) is 0 Å². The molecule has 0 unspecified atom stereocenters. The predicted octanol–water partition coefficient (Wildman–Crippen LogP) is 2.21. The molecule has 0 aromatic heterocycles. The minimum Gasteiger partial charge on any atom is -0.394 e. The molecule has 0 aliphatic carbocycles. The lowest BCUT2D eigenvalue weighted by molar-refractivity contribution is -0.397. The lowest BCUT2D eigenvalue weighted by Gasteiger charge is -2.33. The van der Waals surface area contributed by atoms with Gasteiger partial charge in [-0.05, 0) is 0 Å². The molecule has 0 amide bonds. The minimum atomic E-state index is -6.92. The number of hydrogen-bond acceptors (Lipinski definition) is 3. The maximum Gasteiger partial charge on any atom is 0.460 e. The standard InChI is InChI=1S/C9H11F9O3/c10-6(11,1-2-21-4-5(20)3-19)7(12,13)8(14,15)9(16,17)18/h5,19-20H,1-4H2/t5-/m1/s1. The van der Waals surface area contributed by atoms with Gasteiger partial charge in [-0.2, -0.15) is 39.5 Å². The molecule has 0 aromatic carbocycles. The van der Waals surface area contributed by atoms with E-state index in [-0.39, 0.29) is 0 Å². The molecular weight excluding hydrogens is 327 g/mol. The lowest BCUT2D eigenvalue weighted by atomic mass is 10.0. The molecule has 0 saturated carbocycles. The van der Waals surface area contributed by atoms with E-state index >= 15 is 0 Å².